The fourth-order valence-electron chi connectivity index (χ4n) is 3.53. The van der Waals surface area contributed by atoms with E-state index in [9.17, 15) is 4.79 Å². The van der Waals surface area contributed by atoms with E-state index in [0.29, 0.717) is 5.39 Å². The summed E-state index contributed by atoms with van der Waals surface area (Å²) >= 11 is 3.64. The van der Waals surface area contributed by atoms with Gasteiger partial charge in [-0.05, 0) is 43.9 Å². The molecular formula is C21H19BrO2. The van der Waals surface area contributed by atoms with Crippen LogP contribution in [0.25, 0.3) is 11.0 Å². The molecule has 1 heterocycles. The molecule has 1 saturated carbocycles. The average Bonchev–Trinajstić information content (AvgIpc) is 3.37. The Balaban J connectivity index is 1.98. The van der Waals surface area contributed by atoms with E-state index in [1.807, 2.05) is 31.2 Å². The molecule has 0 bridgehead atoms. The summed E-state index contributed by atoms with van der Waals surface area (Å²) in [6, 6.07) is 16.1. The Morgan fingerprint density at radius 3 is 2.46 bits per heavy atom. The van der Waals surface area contributed by atoms with E-state index < -0.39 is 0 Å². The smallest absolute Gasteiger partial charge is 0.193 e. The van der Waals surface area contributed by atoms with Crippen LogP contribution in [0.2, 0.25) is 0 Å². The van der Waals surface area contributed by atoms with Gasteiger partial charge in [0.1, 0.15) is 11.3 Å². The monoisotopic (exact) mass is 382 g/mol. The van der Waals surface area contributed by atoms with Gasteiger partial charge in [0.05, 0.1) is 10.8 Å². The molecule has 1 aromatic heterocycles. The molecule has 3 aromatic rings. The first-order valence-corrected chi connectivity index (χ1v) is 9.21. The second-order valence-corrected chi connectivity index (χ2v) is 8.14. The van der Waals surface area contributed by atoms with Crippen molar-refractivity contribution in [3.8, 4) is 0 Å². The van der Waals surface area contributed by atoms with Crippen LogP contribution in [0.3, 0.4) is 0 Å². The standard InChI is InChI=1S/C21H19BrO2/c1-13-10-16(14(2)22)20-17(11-13)18(23)12-19(24-20)21(8-9-21)15-6-4-3-5-7-15/h3-7,10-12,14H,8-9H2,1-2H3. The summed E-state index contributed by atoms with van der Waals surface area (Å²) in [5.41, 5.74) is 3.97. The minimum atomic E-state index is -0.133. The Labute approximate surface area is 149 Å². The number of hydrogen-bond acceptors (Lipinski definition) is 2. The zero-order chi connectivity index (χ0) is 16.9. The molecule has 0 radical (unpaired) electrons. The fraction of sp³-hybridized carbons (Fsp3) is 0.286. The van der Waals surface area contributed by atoms with Gasteiger partial charge in [-0.25, -0.2) is 0 Å². The lowest BCUT2D eigenvalue weighted by Crippen LogP contribution is -2.13. The first kappa shape index (κ1) is 15.6. The van der Waals surface area contributed by atoms with Gasteiger partial charge in [-0.2, -0.15) is 0 Å². The van der Waals surface area contributed by atoms with Gasteiger partial charge in [0, 0.05) is 16.5 Å². The highest BCUT2D eigenvalue weighted by Crippen LogP contribution is 2.53. The van der Waals surface area contributed by atoms with E-state index in [2.05, 4.69) is 41.1 Å². The van der Waals surface area contributed by atoms with Crippen LogP contribution in [0.15, 0.2) is 57.7 Å². The Hall–Kier alpha value is -1.87. The van der Waals surface area contributed by atoms with Gasteiger partial charge in [0.15, 0.2) is 5.43 Å². The summed E-state index contributed by atoms with van der Waals surface area (Å²) in [6.45, 7) is 4.07. The van der Waals surface area contributed by atoms with Gasteiger partial charge in [0.2, 0.25) is 0 Å². The lowest BCUT2D eigenvalue weighted by molar-refractivity contribution is 0.497. The van der Waals surface area contributed by atoms with Crippen molar-refractivity contribution in [3.05, 3.63) is 81.2 Å². The summed E-state index contributed by atoms with van der Waals surface area (Å²) in [7, 11) is 0. The first-order chi connectivity index (χ1) is 11.5. The van der Waals surface area contributed by atoms with Crippen molar-refractivity contribution in [2.24, 2.45) is 0 Å². The number of rotatable bonds is 3. The van der Waals surface area contributed by atoms with E-state index in [0.717, 1.165) is 35.3 Å². The van der Waals surface area contributed by atoms with Crippen molar-refractivity contribution in [1.82, 2.24) is 0 Å². The largest absolute Gasteiger partial charge is 0.460 e. The molecule has 1 fully saturated rings. The summed E-state index contributed by atoms with van der Waals surface area (Å²) in [5, 5.41) is 0.670. The molecule has 1 atom stereocenters. The topological polar surface area (TPSA) is 30.2 Å². The number of alkyl halides is 1. The number of benzene rings is 2. The van der Waals surface area contributed by atoms with E-state index >= 15 is 0 Å². The van der Waals surface area contributed by atoms with Crippen LogP contribution < -0.4 is 5.43 Å². The highest BCUT2D eigenvalue weighted by atomic mass is 79.9. The van der Waals surface area contributed by atoms with E-state index in [1.165, 1.54) is 5.56 Å². The summed E-state index contributed by atoms with van der Waals surface area (Å²) < 4.78 is 6.34. The maximum atomic E-state index is 12.8. The Morgan fingerprint density at radius 1 is 1.12 bits per heavy atom. The van der Waals surface area contributed by atoms with Crippen molar-refractivity contribution in [2.75, 3.05) is 0 Å². The predicted octanol–water partition coefficient (Wildman–Crippen LogP) is 5.64. The van der Waals surface area contributed by atoms with Crippen LogP contribution >= 0.6 is 15.9 Å². The van der Waals surface area contributed by atoms with E-state index in [-0.39, 0.29) is 15.7 Å². The third kappa shape index (κ3) is 2.42. The number of aryl methyl sites for hydroxylation is 1. The van der Waals surface area contributed by atoms with Crippen LogP contribution in [0.1, 0.15) is 47.0 Å². The molecule has 24 heavy (non-hydrogen) atoms. The summed E-state index contributed by atoms with van der Waals surface area (Å²) in [5.74, 6) is 0.796. The SMILES string of the molecule is Cc1cc(C(C)Br)c2oc(C3(c4ccccc4)CC3)cc(=O)c2c1. The second-order valence-electron chi connectivity index (χ2n) is 6.77. The maximum absolute atomic E-state index is 12.8. The highest BCUT2D eigenvalue weighted by molar-refractivity contribution is 9.09. The molecule has 1 unspecified atom stereocenters. The van der Waals surface area contributed by atoms with Crippen molar-refractivity contribution in [3.63, 3.8) is 0 Å². The summed E-state index contributed by atoms with van der Waals surface area (Å²) in [4.78, 5) is 12.9. The quantitative estimate of drug-likeness (QED) is 0.548. The Bertz CT molecular complexity index is 966. The van der Waals surface area contributed by atoms with Crippen LogP contribution in [-0.4, -0.2) is 0 Å². The van der Waals surface area contributed by atoms with Gasteiger partial charge in [0.25, 0.3) is 0 Å². The third-order valence-electron chi connectivity index (χ3n) is 4.98. The lowest BCUT2D eigenvalue weighted by atomic mass is 9.92. The van der Waals surface area contributed by atoms with Crippen molar-refractivity contribution >= 4 is 26.9 Å². The zero-order valence-electron chi connectivity index (χ0n) is 13.8. The van der Waals surface area contributed by atoms with Gasteiger partial charge >= 0.3 is 0 Å². The fourth-order valence-corrected chi connectivity index (χ4v) is 3.87. The minimum absolute atomic E-state index is 0.0477. The Kier molecular flexibility index (Phi) is 3.65. The molecular weight excluding hydrogens is 364 g/mol. The number of hydrogen-bond donors (Lipinski definition) is 0. The minimum Gasteiger partial charge on any atom is -0.460 e. The van der Waals surface area contributed by atoms with Crippen LogP contribution in [0.4, 0.5) is 0 Å². The van der Waals surface area contributed by atoms with Crippen molar-refractivity contribution in [1.29, 1.82) is 0 Å². The molecule has 4 rings (SSSR count). The van der Waals surface area contributed by atoms with E-state index in [1.54, 1.807) is 6.07 Å². The predicted molar refractivity (Wildman–Crippen MR) is 101 cm³/mol. The van der Waals surface area contributed by atoms with E-state index in [4.69, 9.17) is 4.42 Å². The van der Waals surface area contributed by atoms with Crippen LogP contribution in [0, 0.1) is 6.92 Å². The van der Waals surface area contributed by atoms with Crippen LogP contribution in [-0.2, 0) is 5.41 Å². The van der Waals surface area contributed by atoms with Gasteiger partial charge in [-0.1, -0.05) is 52.3 Å². The number of fused-ring (bicyclic) bond motifs is 1. The zero-order valence-corrected chi connectivity index (χ0v) is 15.4. The molecule has 0 spiro atoms. The molecule has 2 aromatic carbocycles. The van der Waals surface area contributed by atoms with Gasteiger partial charge < -0.3 is 4.42 Å². The molecule has 2 nitrogen and oxygen atoms in total. The van der Waals surface area contributed by atoms with Gasteiger partial charge in [-0.15, -0.1) is 0 Å². The molecule has 0 aliphatic heterocycles. The second kappa shape index (κ2) is 5.59. The Morgan fingerprint density at radius 2 is 1.83 bits per heavy atom. The molecule has 0 N–H and O–H groups in total. The third-order valence-corrected chi connectivity index (χ3v) is 5.47. The van der Waals surface area contributed by atoms with Crippen molar-refractivity contribution < 1.29 is 4.42 Å². The van der Waals surface area contributed by atoms with Gasteiger partial charge in [-0.3, -0.25) is 4.79 Å². The number of halogens is 1. The summed E-state index contributed by atoms with van der Waals surface area (Å²) in [6.07, 6.45) is 2.05. The molecule has 0 saturated heterocycles. The molecule has 0 amide bonds. The molecule has 122 valence electrons. The maximum Gasteiger partial charge on any atom is 0.193 e. The first-order valence-electron chi connectivity index (χ1n) is 8.30. The molecule has 3 heteroatoms. The van der Waals surface area contributed by atoms with Crippen molar-refractivity contribution in [2.45, 2.75) is 36.9 Å². The average molecular weight is 383 g/mol. The lowest BCUT2D eigenvalue weighted by Gasteiger charge is -2.17. The highest BCUT2D eigenvalue weighted by Gasteiger charge is 2.48. The normalized spacial score (nSPS) is 17.0. The van der Waals surface area contributed by atoms with Crippen LogP contribution in [0.5, 0.6) is 0 Å². The molecule has 1 aliphatic rings. The molecule has 1 aliphatic carbocycles.